The Kier molecular flexibility index (Phi) is 7.03. The summed E-state index contributed by atoms with van der Waals surface area (Å²) in [5.74, 6) is -0.827. The molecule has 9 nitrogen and oxygen atoms in total. The van der Waals surface area contributed by atoms with Crippen LogP contribution in [0.25, 0.3) is 21.8 Å². The van der Waals surface area contributed by atoms with E-state index in [9.17, 15) is 27.9 Å². The van der Waals surface area contributed by atoms with Crippen molar-refractivity contribution >= 4 is 50.9 Å². The number of hydrogen-bond donors (Lipinski definition) is 3. The number of morpholine rings is 1. The van der Waals surface area contributed by atoms with E-state index in [1.54, 1.807) is 29.4 Å². The molecule has 0 spiro atoms. The van der Waals surface area contributed by atoms with Gasteiger partial charge in [0.2, 0.25) is 11.8 Å². The van der Waals surface area contributed by atoms with Crippen molar-refractivity contribution in [2.45, 2.75) is 50.1 Å². The molecule has 1 aromatic carbocycles. The minimum absolute atomic E-state index is 0.0142. The van der Waals surface area contributed by atoms with E-state index in [0.717, 1.165) is 16.3 Å². The molecule has 210 valence electrons. The van der Waals surface area contributed by atoms with Crippen molar-refractivity contribution in [2.75, 3.05) is 38.1 Å². The van der Waals surface area contributed by atoms with Crippen LogP contribution in [0.1, 0.15) is 26.7 Å². The predicted molar refractivity (Wildman–Crippen MR) is 139 cm³/mol. The molecule has 0 radical (unpaired) electrons. The van der Waals surface area contributed by atoms with Crippen molar-refractivity contribution in [2.24, 2.45) is 0 Å². The second kappa shape index (κ2) is 9.92. The van der Waals surface area contributed by atoms with Gasteiger partial charge in [-0.25, -0.2) is 0 Å². The molecule has 5 rings (SSSR count). The summed E-state index contributed by atoms with van der Waals surface area (Å²) in [6, 6.07) is 4.43. The summed E-state index contributed by atoms with van der Waals surface area (Å²) in [6.07, 6.45) is -2.60. The molecule has 2 aromatic heterocycles. The van der Waals surface area contributed by atoms with Gasteiger partial charge in [0, 0.05) is 54.5 Å². The Hall–Kier alpha value is -2.93. The van der Waals surface area contributed by atoms with E-state index in [4.69, 9.17) is 16.3 Å². The SMILES string of the molecule is CC1(C)CN(CC(=O)N2CCC(O)(C(F)(F)F)CC2)[C@H](C(=O)Nc2cc(Cl)cc3c2[nH]c2cnccc23)CO1. The number of aliphatic hydroxyl groups is 1. The van der Waals surface area contributed by atoms with E-state index >= 15 is 0 Å². The van der Waals surface area contributed by atoms with Gasteiger partial charge < -0.3 is 25.0 Å². The number of piperidine rings is 1. The van der Waals surface area contributed by atoms with Gasteiger partial charge in [-0.1, -0.05) is 11.6 Å². The number of nitrogens with zero attached hydrogens (tertiary/aromatic N) is 3. The number of likely N-dealkylation sites (tertiary alicyclic amines) is 1. The third-order valence-electron chi connectivity index (χ3n) is 7.50. The highest BCUT2D eigenvalue weighted by molar-refractivity contribution is 6.33. The Balaban J connectivity index is 1.34. The number of rotatable bonds is 4. The normalized spacial score (nSPS) is 21.8. The molecular weight excluding hydrogens is 539 g/mol. The number of nitrogens with one attached hydrogen (secondary N) is 2. The smallest absolute Gasteiger partial charge is 0.380 e. The van der Waals surface area contributed by atoms with Crippen LogP contribution in [0.3, 0.4) is 0 Å². The lowest BCUT2D eigenvalue weighted by atomic mass is 9.90. The van der Waals surface area contributed by atoms with Crippen LogP contribution in [0.5, 0.6) is 0 Å². The quantitative estimate of drug-likeness (QED) is 0.443. The molecule has 2 aliphatic rings. The number of anilines is 1. The number of carbonyl (C=O) groups is 2. The molecule has 39 heavy (non-hydrogen) atoms. The van der Waals surface area contributed by atoms with Gasteiger partial charge in [-0.2, -0.15) is 13.2 Å². The number of carbonyl (C=O) groups excluding carboxylic acids is 2. The maximum atomic E-state index is 13.5. The van der Waals surface area contributed by atoms with E-state index in [1.807, 2.05) is 19.9 Å². The summed E-state index contributed by atoms with van der Waals surface area (Å²) in [5, 5.41) is 15.0. The molecule has 0 saturated carbocycles. The van der Waals surface area contributed by atoms with Gasteiger partial charge in [-0.3, -0.25) is 19.5 Å². The number of halogens is 4. The fourth-order valence-corrected chi connectivity index (χ4v) is 5.50. The summed E-state index contributed by atoms with van der Waals surface area (Å²) in [4.78, 5) is 37.0. The largest absolute Gasteiger partial charge is 0.417 e. The first-order chi connectivity index (χ1) is 18.3. The van der Waals surface area contributed by atoms with Crippen LogP contribution in [0.4, 0.5) is 18.9 Å². The van der Waals surface area contributed by atoms with E-state index in [1.165, 1.54) is 4.90 Å². The molecule has 4 heterocycles. The van der Waals surface area contributed by atoms with Crippen LogP contribution < -0.4 is 5.32 Å². The van der Waals surface area contributed by atoms with Gasteiger partial charge in [0.15, 0.2) is 5.60 Å². The number of ether oxygens (including phenoxy) is 1. The summed E-state index contributed by atoms with van der Waals surface area (Å²) >= 11 is 6.37. The lowest BCUT2D eigenvalue weighted by Gasteiger charge is -2.44. The first-order valence-electron chi connectivity index (χ1n) is 12.6. The molecule has 0 aliphatic carbocycles. The van der Waals surface area contributed by atoms with E-state index in [-0.39, 0.29) is 32.8 Å². The first kappa shape index (κ1) is 27.6. The molecule has 3 aromatic rings. The maximum absolute atomic E-state index is 13.5. The maximum Gasteiger partial charge on any atom is 0.417 e. The summed E-state index contributed by atoms with van der Waals surface area (Å²) < 4.78 is 45.4. The Morgan fingerprint density at radius 2 is 1.97 bits per heavy atom. The second-order valence-electron chi connectivity index (χ2n) is 10.8. The number of fused-ring (bicyclic) bond motifs is 3. The van der Waals surface area contributed by atoms with Crippen LogP contribution in [0.15, 0.2) is 30.6 Å². The zero-order valence-electron chi connectivity index (χ0n) is 21.4. The second-order valence-corrected chi connectivity index (χ2v) is 11.2. The van der Waals surface area contributed by atoms with Gasteiger partial charge in [0.1, 0.15) is 6.04 Å². The third kappa shape index (κ3) is 5.43. The minimum atomic E-state index is -4.76. The average molecular weight is 568 g/mol. The highest BCUT2D eigenvalue weighted by Crippen LogP contribution is 2.38. The third-order valence-corrected chi connectivity index (χ3v) is 7.72. The number of H-pyrrole nitrogens is 1. The van der Waals surface area contributed by atoms with Gasteiger partial charge in [0.05, 0.1) is 41.7 Å². The number of pyridine rings is 1. The summed E-state index contributed by atoms with van der Waals surface area (Å²) in [6.45, 7) is 3.30. The molecule has 0 unspecified atom stereocenters. The zero-order valence-corrected chi connectivity index (χ0v) is 22.2. The van der Waals surface area contributed by atoms with Gasteiger partial charge in [0.25, 0.3) is 0 Å². The Morgan fingerprint density at radius 1 is 1.26 bits per heavy atom. The van der Waals surface area contributed by atoms with Gasteiger partial charge in [-0.15, -0.1) is 0 Å². The van der Waals surface area contributed by atoms with E-state index < -0.39 is 48.1 Å². The van der Waals surface area contributed by atoms with Crippen molar-refractivity contribution < 1.29 is 32.6 Å². The van der Waals surface area contributed by atoms with Gasteiger partial charge >= 0.3 is 6.18 Å². The van der Waals surface area contributed by atoms with Crippen LogP contribution in [0.2, 0.25) is 5.02 Å². The summed E-state index contributed by atoms with van der Waals surface area (Å²) in [5.41, 5.74) is -1.55. The molecule has 1 atom stereocenters. The number of aromatic nitrogens is 2. The van der Waals surface area contributed by atoms with Crippen LogP contribution in [-0.2, 0) is 14.3 Å². The fraction of sp³-hybridized carbons (Fsp3) is 0.500. The van der Waals surface area contributed by atoms with Crippen LogP contribution in [-0.4, -0.2) is 92.9 Å². The van der Waals surface area contributed by atoms with E-state index in [2.05, 4.69) is 15.3 Å². The Labute approximate surface area is 227 Å². The number of amides is 2. The Morgan fingerprint density at radius 3 is 2.67 bits per heavy atom. The average Bonchev–Trinajstić information content (AvgIpc) is 3.22. The molecule has 3 N–H and O–H groups in total. The van der Waals surface area contributed by atoms with Crippen LogP contribution >= 0.6 is 11.6 Å². The van der Waals surface area contributed by atoms with E-state index in [0.29, 0.717) is 16.2 Å². The van der Waals surface area contributed by atoms with Crippen molar-refractivity contribution in [3.63, 3.8) is 0 Å². The standard InChI is InChI=1S/C26H29ClF3N5O4/c1-24(2)14-35(12-21(36)34-7-4-25(38,5-8-34)26(28,29)30)20(13-39-24)23(37)33-18-10-15(27)9-17-16-3-6-31-11-19(16)32-22(17)18/h3,6,9-11,20,32,38H,4-5,7-8,12-14H2,1-2H3,(H,33,37)/t20-/m0/s1. The minimum Gasteiger partial charge on any atom is -0.380 e. The zero-order chi connectivity index (χ0) is 28.2. The highest BCUT2D eigenvalue weighted by Gasteiger charge is 2.55. The Bertz CT molecular complexity index is 1420. The molecule has 2 aliphatic heterocycles. The highest BCUT2D eigenvalue weighted by atomic mass is 35.5. The van der Waals surface area contributed by atoms with Crippen molar-refractivity contribution in [3.8, 4) is 0 Å². The number of benzene rings is 1. The molecule has 13 heteroatoms. The summed E-state index contributed by atoms with van der Waals surface area (Å²) in [7, 11) is 0. The number of aromatic amines is 1. The number of alkyl halides is 3. The van der Waals surface area contributed by atoms with Gasteiger partial charge in [-0.05, 0) is 32.0 Å². The lowest BCUT2D eigenvalue weighted by molar-refractivity contribution is -0.272. The molecule has 0 bridgehead atoms. The fourth-order valence-electron chi connectivity index (χ4n) is 5.28. The van der Waals surface area contributed by atoms with Crippen molar-refractivity contribution in [1.29, 1.82) is 0 Å². The molecule has 2 amide bonds. The predicted octanol–water partition coefficient (Wildman–Crippen LogP) is 3.70. The molecule has 2 fully saturated rings. The van der Waals surface area contributed by atoms with Crippen molar-refractivity contribution in [3.05, 3.63) is 35.6 Å². The first-order valence-corrected chi connectivity index (χ1v) is 12.9. The molecule has 2 saturated heterocycles. The van der Waals surface area contributed by atoms with Crippen LogP contribution in [0, 0.1) is 0 Å². The lowest BCUT2D eigenvalue weighted by Crippen LogP contribution is -2.61. The monoisotopic (exact) mass is 567 g/mol. The molecular formula is C26H29ClF3N5O4. The topological polar surface area (TPSA) is 111 Å². The van der Waals surface area contributed by atoms with Crippen molar-refractivity contribution in [1.82, 2.24) is 19.8 Å². The number of hydrogen-bond acceptors (Lipinski definition) is 6.